The Bertz CT molecular complexity index is 1640. The summed E-state index contributed by atoms with van der Waals surface area (Å²) in [5.41, 5.74) is 0. The molecule has 0 aromatic carbocycles. The quantitative estimate of drug-likeness (QED) is 0.0149. The zero-order valence-electron chi connectivity index (χ0n) is 51.9. The monoisotopic (exact) mass is 1140 g/mol. The predicted molar refractivity (Wildman–Crippen MR) is 338 cm³/mol. The first kappa shape index (κ1) is 75.9. The molecule has 8 atom stereocenters. The topological polar surface area (TPSA) is 175 Å². The second kappa shape index (κ2) is 57.3. The maximum absolute atomic E-state index is 13.4. The Kier molecular flexibility index (Phi) is 53.6. The fourth-order valence-electron chi connectivity index (χ4n) is 10.1. The van der Waals surface area contributed by atoms with Crippen LogP contribution in [0.3, 0.4) is 0 Å². The first-order chi connectivity index (χ1) is 39.7. The van der Waals surface area contributed by atoms with Crippen molar-refractivity contribution in [3.63, 3.8) is 0 Å². The molecule has 468 valence electrons. The zero-order valence-corrected chi connectivity index (χ0v) is 51.9. The SMILES string of the molecule is CC/C=C/C=C/C=C/CCCCCCCCC(O)C(=O)NC(COC1OC(CO)C(O)C(O)C1OC(=O)CCCCCCCCCCCCCC/C=C\C/C=C\C/C=C\CCCCC)C(O)/C=C/CCCCCCCCCCCCC. The summed E-state index contributed by atoms with van der Waals surface area (Å²) in [6, 6.07) is -1.03. The maximum Gasteiger partial charge on any atom is 0.306 e. The second-order valence-electron chi connectivity index (χ2n) is 22.9. The molecule has 0 bridgehead atoms. The minimum absolute atomic E-state index is 0.117. The van der Waals surface area contributed by atoms with Crippen LogP contribution >= 0.6 is 0 Å². The van der Waals surface area contributed by atoms with Crippen LogP contribution in [0.2, 0.25) is 0 Å². The van der Waals surface area contributed by atoms with Crippen LogP contribution in [0.1, 0.15) is 284 Å². The maximum atomic E-state index is 13.4. The molecule has 1 saturated heterocycles. The molecule has 6 N–H and O–H groups in total. The lowest BCUT2D eigenvalue weighted by Crippen LogP contribution is -2.61. The van der Waals surface area contributed by atoms with Gasteiger partial charge in [0.25, 0.3) is 0 Å². The number of unbranched alkanes of at least 4 members (excludes halogenated alkanes) is 32. The van der Waals surface area contributed by atoms with Gasteiger partial charge in [-0.3, -0.25) is 9.59 Å². The predicted octanol–water partition coefficient (Wildman–Crippen LogP) is 16.5. The van der Waals surface area contributed by atoms with E-state index in [9.17, 15) is 35.1 Å². The van der Waals surface area contributed by atoms with E-state index in [-0.39, 0.29) is 19.4 Å². The van der Waals surface area contributed by atoms with Crippen LogP contribution in [0.5, 0.6) is 0 Å². The largest absolute Gasteiger partial charge is 0.454 e. The number of amides is 1. The minimum Gasteiger partial charge on any atom is -0.454 e. The number of carbonyl (C=O) groups excluding carboxylic acids is 2. The van der Waals surface area contributed by atoms with Crippen molar-refractivity contribution in [2.45, 2.75) is 333 Å². The van der Waals surface area contributed by atoms with E-state index in [1.54, 1.807) is 6.08 Å². The van der Waals surface area contributed by atoms with Crippen molar-refractivity contribution in [3.05, 3.63) is 85.1 Å². The van der Waals surface area contributed by atoms with Crippen molar-refractivity contribution in [1.82, 2.24) is 5.32 Å². The molecule has 11 nitrogen and oxygen atoms in total. The summed E-state index contributed by atoms with van der Waals surface area (Å²) >= 11 is 0. The molecule has 1 aliphatic heterocycles. The van der Waals surface area contributed by atoms with E-state index in [0.29, 0.717) is 12.8 Å². The van der Waals surface area contributed by atoms with Crippen LogP contribution < -0.4 is 5.32 Å². The van der Waals surface area contributed by atoms with Crippen LogP contribution in [-0.4, -0.2) is 99.6 Å². The van der Waals surface area contributed by atoms with Gasteiger partial charge >= 0.3 is 5.97 Å². The van der Waals surface area contributed by atoms with Gasteiger partial charge in [-0.2, -0.15) is 0 Å². The van der Waals surface area contributed by atoms with Crippen molar-refractivity contribution in [3.8, 4) is 0 Å². The van der Waals surface area contributed by atoms with E-state index in [1.165, 1.54) is 141 Å². The molecule has 0 aliphatic carbocycles. The highest BCUT2D eigenvalue weighted by Crippen LogP contribution is 2.26. The number of hydrogen-bond donors (Lipinski definition) is 6. The van der Waals surface area contributed by atoms with E-state index in [2.05, 4.69) is 92.9 Å². The summed E-state index contributed by atoms with van der Waals surface area (Å²) in [5.74, 6) is -1.21. The number of aliphatic hydroxyl groups excluding tert-OH is 5. The third kappa shape index (κ3) is 45.0. The lowest BCUT2D eigenvalue weighted by Gasteiger charge is -2.41. The van der Waals surface area contributed by atoms with Crippen LogP contribution in [-0.2, 0) is 23.8 Å². The highest BCUT2D eigenvalue weighted by Gasteiger charge is 2.47. The molecule has 0 aromatic heterocycles. The zero-order chi connectivity index (χ0) is 58.9. The van der Waals surface area contributed by atoms with Gasteiger partial charge in [-0.25, -0.2) is 0 Å². The fourth-order valence-corrected chi connectivity index (χ4v) is 10.1. The summed E-state index contributed by atoms with van der Waals surface area (Å²) in [7, 11) is 0. The molecule has 1 rings (SSSR count). The minimum atomic E-state index is -1.62. The molecule has 1 heterocycles. The normalized spacial score (nSPS) is 19.2. The number of hydrogen-bond acceptors (Lipinski definition) is 10. The number of rotatable bonds is 56. The Morgan fingerprint density at radius 1 is 0.506 bits per heavy atom. The highest BCUT2D eigenvalue weighted by molar-refractivity contribution is 5.80. The lowest BCUT2D eigenvalue weighted by atomic mass is 9.99. The Morgan fingerprint density at radius 3 is 1.46 bits per heavy atom. The van der Waals surface area contributed by atoms with Crippen LogP contribution in [0.15, 0.2) is 85.1 Å². The first-order valence-electron chi connectivity index (χ1n) is 33.4. The molecular formula is C70H123NO10. The lowest BCUT2D eigenvalue weighted by molar-refractivity contribution is -0.305. The Morgan fingerprint density at radius 2 is 0.938 bits per heavy atom. The molecule has 0 aromatic rings. The van der Waals surface area contributed by atoms with E-state index < -0.39 is 67.4 Å². The summed E-state index contributed by atoms with van der Waals surface area (Å²) in [6.45, 7) is 5.64. The van der Waals surface area contributed by atoms with Gasteiger partial charge in [-0.15, -0.1) is 0 Å². The van der Waals surface area contributed by atoms with Gasteiger partial charge in [-0.1, -0.05) is 279 Å². The highest BCUT2D eigenvalue weighted by atomic mass is 16.7. The molecular weight excluding hydrogens is 1010 g/mol. The molecule has 0 spiro atoms. The molecule has 8 unspecified atom stereocenters. The summed E-state index contributed by atoms with van der Waals surface area (Å²) in [4.78, 5) is 26.6. The van der Waals surface area contributed by atoms with Crippen LogP contribution in [0.25, 0.3) is 0 Å². The smallest absolute Gasteiger partial charge is 0.306 e. The van der Waals surface area contributed by atoms with Gasteiger partial charge in [-0.05, 0) is 83.5 Å². The van der Waals surface area contributed by atoms with Gasteiger partial charge in [0.1, 0.15) is 24.4 Å². The molecule has 0 saturated carbocycles. The summed E-state index contributed by atoms with van der Waals surface area (Å²) in [5, 5.41) is 57.1. The first-order valence-corrected chi connectivity index (χ1v) is 33.4. The van der Waals surface area contributed by atoms with Gasteiger partial charge < -0.3 is 45.1 Å². The molecule has 0 radical (unpaired) electrons. The number of allylic oxidation sites excluding steroid dienone is 13. The molecule has 1 fully saturated rings. The second-order valence-corrected chi connectivity index (χ2v) is 22.9. The molecule has 11 heteroatoms. The van der Waals surface area contributed by atoms with Gasteiger partial charge in [0, 0.05) is 6.42 Å². The van der Waals surface area contributed by atoms with Gasteiger partial charge in [0.2, 0.25) is 5.91 Å². The number of nitrogens with one attached hydrogen (secondary N) is 1. The average Bonchev–Trinajstić information content (AvgIpc) is 3.46. The number of esters is 1. The summed E-state index contributed by atoms with van der Waals surface area (Å²) < 4.78 is 17.7. The van der Waals surface area contributed by atoms with Crippen molar-refractivity contribution in [2.24, 2.45) is 0 Å². The van der Waals surface area contributed by atoms with Crippen molar-refractivity contribution >= 4 is 11.9 Å². The van der Waals surface area contributed by atoms with Crippen molar-refractivity contribution in [1.29, 1.82) is 0 Å². The molecule has 81 heavy (non-hydrogen) atoms. The van der Waals surface area contributed by atoms with E-state index in [1.807, 2.05) is 12.2 Å². The number of carbonyl (C=O) groups is 2. The van der Waals surface area contributed by atoms with E-state index in [0.717, 1.165) is 96.3 Å². The van der Waals surface area contributed by atoms with Crippen molar-refractivity contribution in [2.75, 3.05) is 13.2 Å². The number of ether oxygens (including phenoxy) is 3. The fraction of sp³-hybridized carbons (Fsp3) is 0.771. The van der Waals surface area contributed by atoms with Crippen molar-refractivity contribution < 1.29 is 49.3 Å². The Hall–Kier alpha value is -3.16. The number of aliphatic hydroxyl groups is 5. The third-order valence-electron chi connectivity index (χ3n) is 15.3. The van der Waals surface area contributed by atoms with Gasteiger partial charge in [0.15, 0.2) is 12.4 Å². The van der Waals surface area contributed by atoms with Gasteiger partial charge in [0.05, 0.1) is 25.4 Å². The Labute approximate surface area is 495 Å². The molecule has 1 aliphatic rings. The van der Waals surface area contributed by atoms with Crippen LogP contribution in [0.4, 0.5) is 0 Å². The van der Waals surface area contributed by atoms with E-state index in [4.69, 9.17) is 14.2 Å². The third-order valence-corrected chi connectivity index (χ3v) is 15.3. The summed E-state index contributed by atoms with van der Waals surface area (Å²) in [6.07, 6.45) is 64.8. The Balaban J connectivity index is 2.60. The standard InChI is InChI=1S/C70H123NO10/c1-4-7-10-13-16-19-22-25-27-28-29-30-31-32-33-34-35-36-37-40-43-46-49-52-55-58-65(75)81-68-67(77)66(76)64(59-72)80-70(68)79-60-61(62(73)56-53-50-47-44-41-38-24-21-18-15-12-9-6-3)71-69(78)63(74)57-54-51-48-45-42-39-26-23-20-17-14-11-8-5-2/h8,11,14,16-17,19-20,23,25,27,29-30,53,56,61-64,66-68,70,72-74,76-77H,4-7,9-10,12-13,15,18,21-22,24,26,28,31-52,54-55,57-60H2,1-3H3,(H,71,78)/b11-8+,17-14+,19-16-,23-20+,27-25-,30-29-,56-53+. The average molecular weight is 1140 g/mol. The van der Waals surface area contributed by atoms with E-state index >= 15 is 0 Å². The molecule has 1 amide bonds. The van der Waals surface area contributed by atoms with Crippen LogP contribution in [0, 0.1) is 0 Å².